The van der Waals surface area contributed by atoms with Crippen molar-refractivity contribution < 1.29 is 0 Å². The van der Waals surface area contributed by atoms with Crippen LogP contribution in [0, 0.1) is 0 Å². The molecule has 0 radical (unpaired) electrons. The van der Waals surface area contributed by atoms with Crippen molar-refractivity contribution in [3.63, 3.8) is 0 Å². The summed E-state index contributed by atoms with van der Waals surface area (Å²) in [5.41, 5.74) is 16.9. The van der Waals surface area contributed by atoms with Crippen molar-refractivity contribution in [2.75, 3.05) is 5.32 Å². The molecule has 4 nitrogen and oxygen atoms in total. The van der Waals surface area contributed by atoms with Crippen LogP contribution in [0.1, 0.15) is 30.0 Å². The molecule has 1 unspecified atom stereocenters. The smallest absolute Gasteiger partial charge is 0.184 e. The number of aliphatic imine (C=N–C) groups is 1. The highest BCUT2D eigenvalue weighted by molar-refractivity contribution is 6.04. The molecule has 4 heteroatoms. The van der Waals surface area contributed by atoms with Crippen molar-refractivity contribution in [1.82, 2.24) is 0 Å². The second-order valence-electron chi connectivity index (χ2n) is 5.76. The van der Waals surface area contributed by atoms with E-state index in [0.29, 0.717) is 12.3 Å². The van der Waals surface area contributed by atoms with E-state index in [0.717, 1.165) is 24.1 Å². The van der Waals surface area contributed by atoms with Crippen molar-refractivity contribution >= 4 is 11.5 Å². The maximum absolute atomic E-state index is 6.39. The molecule has 0 bridgehead atoms. The summed E-state index contributed by atoms with van der Waals surface area (Å²) in [6.07, 6.45) is 2.60. The van der Waals surface area contributed by atoms with Crippen LogP contribution in [0.25, 0.3) is 0 Å². The maximum atomic E-state index is 6.39. The number of benzene rings is 2. The Morgan fingerprint density at radius 3 is 2.45 bits per heavy atom. The van der Waals surface area contributed by atoms with Crippen LogP contribution in [0.5, 0.6) is 0 Å². The zero-order valence-electron chi connectivity index (χ0n) is 12.8. The Balaban J connectivity index is 1.73. The monoisotopic (exact) mass is 294 g/mol. The fourth-order valence-corrected chi connectivity index (χ4v) is 2.75. The largest absolute Gasteiger partial charge is 0.383 e. The van der Waals surface area contributed by atoms with E-state index in [1.807, 2.05) is 24.3 Å². The molecular weight excluding hydrogens is 272 g/mol. The van der Waals surface area contributed by atoms with Gasteiger partial charge in [0.15, 0.2) is 5.79 Å². The van der Waals surface area contributed by atoms with Gasteiger partial charge in [-0.25, -0.2) is 4.99 Å². The minimum atomic E-state index is -0.845. The molecule has 22 heavy (non-hydrogen) atoms. The average molecular weight is 294 g/mol. The van der Waals surface area contributed by atoms with E-state index in [1.54, 1.807) is 0 Å². The first-order valence-electron chi connectivity index (χ1n) is 7.69. The fraction of sp³-hybridized carbons (Fsp3) is 0.278. The molecule has 2 aromatic rings. The van der Waals surface area contributed by atoms with E-state index in [-0.39, 0.29) is 0 Å². The van der Waals surface area contributed by atoms with Crippen LogP contribution in [0.4, 0.5) is 5.69 Å². The summed E-state index contributed by atoms with van der Waals surface area (Å²) in [7, 11) is 0. The van der Waals surface area contributed by atoms with Crippen molar-refractivity contribution in [3.05, 3.63) is 65.2 Å². The maximum Gasteiger partial charge on any atom is 0.184 e. The normalized spacial score (nSPS) is 20.0. The first kappa shape index (κ1) is 14.6. The molecule has 0 saturated heterocycles. The van der Waals surface area contributed by atoms with Gasteiger partial charge in [0, 0.05) is 17.7 Å². The number of nitrogens with zero attached hydrogens (tertiary/aromatic N) is 1. The van der Waals surface area contributed by atoms with Gasteiger partial charge in [-0.05, 0) is 36.1 Å². The lowest BCUT2D eigenvalue weighted by Crippen LogP contribution is -2.50. The number of fused-ring (bicyclic) bond motifs is 1. The Hall–Kier alpha value is -2.33. The van der Waals surface area contributed by atoms with Crippen LogP contribution in [0.2, 0.25) is 0 Å². The third-order valence-corrected chi connectivity index (χ3v) is 4.10. The van der Waals surface area contributed by atoms with Crippen LogP contribution < -0.4 is 16.8 Å². The molecule has 1 aliphatic rings. The first-order valence-corrected chi connectivity index (χ1v) is 7.69. The number of nitrogens with two attached hydrogens (primary N) is 2. The van der Waals surface area contributed by atoms with E-state index in [1.165, 1.54) is 11.1 Å². The predicted molar refractivity (Wildman–Crippen MR) is 91.8 cm³/mol. The number of hydrogen-bond acceptors (Lipinski definition) is 4. The Morgan fingerprint density at radius 1 is 1.05 bits per heavy atom. The van der Waals surface area contributed by atoms with E-state index in [9.17, 15) is 0 Å². The van der Waals surface area contributed by atoms with Crippen molar-refractivity contribution in [3.8, 4) is 0 Å². The van der Waals surface area contributed by atoms with Gasteiger partial charge in [-0.1, -0.05) is 43.3 Å². The van der Waals surface area contributed by atoms with Crippen LogP contribution in [0.15, 0.2) is 53.5 Å². The Bertz CT molecular complexity index is 690. The van der Waals surface area contributed by atoms with Gasteiger partial charge >= 0.3 is 0 Å². The molecule has 2 aromatic carbocycles. The summed E-state index contributed by atoms with van der Waals surface area (Å²) in [6, 6.07) is 16.5. The van der Waals surface area contributed by atoms with E-state index < -0.39 is 5.79 Å². The van der Waals surface area contributed by atoms with Gasteiger partial charge < -0.3 is 11.1 Å². The van der Waals surface area contributed by atoms with Gasteiger partial charge in [-0.3, -0.25) is 5.73 Å². The standard InChI is InChI=1S/C18H22N4/c1-2-13-7-9-14(10-8-13)11-12-18(20)21-16-6-4-3-5-15(16)17(19)22-18/h3-10,21H,2,11-12,20H2,1H3,(H2,19,22). The zero-order chi connectivity index (χ0) is 15.6. The highest BCUT2D eigenvalue weighted by atomic mass is 15.3. The van der Waals surface area contributed by atoms with Gasteiger partial charge in [0.25, 0.3) is 0 Å². The minimum absolute atomic E-state index is 0.498. The summed E-state index contributed by atoms with van der Waals surface area (Å²) in [5.74, 6) is -0.347. The molecule has 1 heterocycles. The van der Waals surface area contributed by atoms with Crippen LogP contribution in [-0.4, -0.2) is 11.6 Å². The number of hydrogen-bond donors (Lipinski definition) is 3. The van der Waals surface area contributed by atoms with E-state index >= 15 is 0 Å². The molecule has 1 atom stereocenters. The number of para-hydroxylation sites is 1. The Morgan fingerprint density at radius 2 is 1.73 bits per heavy atom. The molecule has 0 amide bonds. The molecule has 5 N–H and O–H groups in total. The summed E-state index contributed by atoms with van der Waals surface area (Å²) in [5, 5.41) is 3.31. The van der Waals surface area contributed by atoms with Gasteiger partial charge in [0.05, 0.1) is 0 Å². The minimum Gasteiger partial charge on any atom is -0.383 e. The van der Waals surface area contributed by atoms with Crippen molar-refractivity contribution in [2.24, 2.45) is 16.5 Å². The summed E-state index contributed by atoms with van der Waals surface area (Å²) < 4.78 is 0. The molecule has 0 aromatic heterocycles. The number of rotatable bonds is 4. The van der Waals surface area contributed by atoms with Crippen LogP contribution in [-0.2, 0) is 12.8 Å². The Kier molecular flexibility index (Phi) is 3.86. The average Bonchev–Trinajstić information content (AvgIpc) is 2.53. The fourth-order valence-electron chi connectivity index (χ4n) is 2.75. The number of nitrogens with one attached hydrogen (secondary N) is 1. The van der Waals surface area contributed by atoms with E-state index in [2.05, 4.69) is 41.5 Å². The molecule has 0 aliphatic carbocycles. The summed E-state index contributed by atoms with van der Waals surface area (Å²) in [6.45, 7) is 2.16. The second-order valence-corrected chi connectivity index (χ2v) is 5.76. The molecule has 0 spiro atoms. The van der Waals surface area contributed by atoms with Crippen molar-refractivity contribution in [1.29, 1.82) is 0 Å². The molecule has 0 saturated carbocycles. The third-order valence-electron chi connectivity index (χ3n) is 4.10. The molecular formula is C18H22N4. The second kappa shape index (κ2) is 5.81. The topological polar surface area (TPSA) is 76.4 Å². The number of aryl methyl sites for hydroxylation is 2. The summed E-state index contributed by atoms with van der Waals surface area (Å²) in [4.78, 5) is 4.47. The molecule has 3 rings (SSSR count). The number of anilines is 1. The molecule has 0 fully saturated rings. The lowest BCUT2D eigenvalue weighted by molar-refractivity contribution is 0.465. The Labute approximate surface area is 131 Å². The number of amidine groups is 1. The molecule has 1 aliphatic heterocycles. The van der Waals surface area contributed by atoms with Crippen LogP contribution >= 0.6 is 0 Å². The van der Waals surface area contributed by atoms with Gasteiger partial charge in [-0.15, -0.1) is 0 Å². The lowest BCUT2D eigenvalue weighted by atomic mass is 10.0. The zero-order valence-corrected chi connectivity index (χ0v) is 12.8. The highest BCUT2D eigenvalue weighted by Gasteiger charge is 2.29. The van der Waals surface area contributed by atoms with Gasteiger partial charge in [0.1, 0.15) is 5.84 Å². The quantitative estimate of drug-likeness (QED) is 0.811. The van der Waals surface area contributed by atoms with Gasteiger partial charge in [0.2, 0.25) is 0 Å². The highest BCUT2D eigenvalue weighted by Crippen LogP contribution is 2.26. The SMILES string of the molecule is CCc1ccc(CCC2(N)N=C(N)c3ccccc3N2)cc1. The first-order chi connectivity index (χ1) is 10.6. The molecule has 114 valence electrons. The summed E-state index contributed by atoms with van der Waals surface area (Å²) >= 11 is 0. The predicted octanol–water partition coefficient (Wildman–Crippen LogP) is 2.63. The van der Waals surface area contributed by atoms with Crippen molar-refractivity contribution in [2.45, 2.75) is 32.0 Å². The lowest BCUT2D eigenvalue weighted by Gasteiger charge is -2.33. The van der Waals surface area contributed by atoms with E-state index in [4.69, 9.17) is 11.5 Å². The van der Waals surface area contributed by atoms with Gasteiger partial charge in [-0.2, -0.15) is 0 Å². The van der Waals surface area contributed by atoms with Crippen LogP contribution in [0.3, 0.4) is 0 Å². The third kappa shape index (κ3) is 2.97.